The van der Waals surface area contributed by atoms with E-state index in [1.165, 1.54) is 34.3 Å². The first-order valence-electron chi connectivity index (χ1n) is 9.65. The summed E-state index contributed by atoms with van der Waals surface area (Å²) in [4.78, 5) is 13.3. The summed E-state index contributed by atoms with van der Waals surface area (Å²) in [5, 5.41) is 0. The van der Waals surface area contributed by atoms with Crippen molar-refractivity contribution in [3.8, 4) is 0 Å². The van der Waals surface area contributed by atoms with Crippen molar-refractivity contribution in [1.82, 2.24) is 0 Å². The third kappa shape index (κ3) is 2.76. The van der Waals surface area contributed by atoms with Crippen LogP contribution in [-0.4, -0.2) is 5.78 Å². The van der Waals surface area contributed by atoms with Gasteiger partial charge in [-0.2, -0.15) is 0 Å². The van der Waals surface area contributed by atoms with Gasteiger partial charge in [-0.3, -0.25) is 4.79 Å². The van der Waals surface area contributed by atoms with Gasteiger partial charge in [0, 0.05) is 11.8 Å². The molecule has 2 aromatic carbocycles. The van der Waals surface area contributed by atoms with Crippen molar-refractivity contribution < 1.29 is 4.79 Å². The highest BCUT2D eigenvalue weighted by Crippen LogP contribution is 2.47. The number of allylic oxidation sites excluding steroid dienone is 4. The van der Waals surface area contributed by atoms with Crippen molar-refractivity contribution in [2.24, 2.45) is 0 Å². The van der Waals surface area contributed by atoms with Gasteiger partial charge in [-0.05, 0) is 67.4 Å². The minimum absolute atomic E-state index is 0.286. The Hall–Kier alpha value is -2.41. The molecule has 2 aliphatic rings. The predicted molar refractivity (Wildman–Crippen MR) is 107 cm³/mol. The average Bonchev–Trinajstić information content (AvgIpc) is 3.17. The Balaban J connectivity index is 1.96. The monoisotopic (exact) mass is 342 g/mol. The van der Waals surface area contributed by atoms with Crippen LogP contribution in [0, 0.1) is 0 Å². The lowest BCUT2D eigenvalue weighted by molar-refractivity contribution is -0.116. The van der Waals surface area contributed by atoms with Gasteiger partial charge in [0.25, 0.3) is 0 Å². The second-order valence-corrected chi connectivity index (χ2v) is 7.81. The first-order valence-corrected chi connectivity index (χ1v) is 9.65. The lowest BCUT2D eigenvalue weighted by atomic mass is 9.65. The van der Waals surface area contributed by atoms with Gasteiger partial charge in [-0.15, -0.1) is 0 Å². The van der Waals surface area contributed by atoms with Crippen molar-refractivity contribution >= 4 is 5.78 Å². The molecule has 0 aliphatic heterocycles. The third-order valence-corrected chi connectivity index (χ3v) is 6.29. The molecule has 2 aromatic rings. The van der Waals surface area contributed by atoms with Crippen LogP contribution >= 0.6 is 0 Å². The van der Waals surface area contributed by atoms with Gasteiger partial charge < -0.3 is 0 Å². The quantitative estimate of drug-likeness (QED) is 0.639. The Morgan fingerprint density at radius 1 is 0.731 bits per heavy atom. The molecule has 132 valence electrons. The van der Waals surface area contributed by atoms with E-state index in [0.29, 0.717) is 12.2 Å². The van der Waals surface area contributed by atoms with Crippen LogP contribution in [-0.2, 0) is 10.2 Å². The standard InChI is InChI=1S/C25H26O/c1-18-16-25(20-10-5-3-6-11-20,21-12-7-4-8-13-21)17-24(26)19(2)23-15-9-14-22(18)23/h3-8,10-13H,9,14-17H2,1-2H3/b22-18-,23-19-. The lowest BCUT2D eigenvalue weighted by Crippen LogP contribution is -2.33. The van der Waals surface area contributed by atoms with Gasteiger partial charge >= 0.3 is 0 Å². The zero-order chi connectivity index (χ0) is 18.1. The van der Waals surface area contributed by atoms with E-state index in [4.69, 9.17) is 0 Å². The maximum atomic E-state index is 13.3. The van der Waals surface area contributed by atoms with E-state index >= 15 is 0 Å². The Kier molecular flexibility index (Phi) is 4.40. The number of rotatable bonds is 2. The molecule has 0 heterocycles. The molecule has 0 bridgehead atoms. The molecule has 1 fully saturated rings. The molecule has 0 unspecified atom stereocenters. The van der Waals surface area contributed by atoms with Crippen LogP contribution in [0.4, 0.5) is 0 Å². The molecule has 1 nitrogen and oxygen atoms in total. The number of hydrogen-bond donors (Lipinski definition) is 0. The second kappa shape index (κ2) is 6.72. The molecule has 0 atom stereocenters. The number of ketones is 1. The van der Waals surface area contributed by atoms with Crippen LogP contribution in [0.3, 0.4) is 0 Å². The van der Waals surface area contributed by atoms with E-state index in [2.05, 4.69) is 67.6 Å². The van der Waals surface area contributed by atoms with Crippen LogP contribution in [0.25, 0.3) is 0 Å². The van der Waals surface area contributed by atoms with Gasteiger partial charge in [0.1, 0.15) is 0 Å². The maximum absolute atomic E-state index is 13.3. The van der Waals surface area contributed by atoms with E-state index in [0.717, 1.165) is 24.8 Å². The molecule has 0 radical (unpaired) electrons. The molecule has 0 N–H and O–H groups in total. The Morgan fingerprint density at radius 2 is 1.27 bits per heavy atom. The zero-order valence-electron chi connectivity index (χ0n) is 15.7. The van der Waals surface area contributed by atoms with Crippen LogP contribution in [0.1, 0.15) is 57.1 Å². The van der Waals surface area contributed by atoms with Crippen molar-refractivity contribution in [3.05, 3.63) is 94.1 Å². The Bertz CT molecular complexity index is 845. The summed E-state index contributed by atoms with van der Waals surface area (Å²) in [6.07, 6.45) is 4.82. The van der Waals surface area contributed by atoms with E-state index in [9.17, 15) is 4.79 Å². The fourth-order valence-electron chi connectivity index (χ4n) is 4.91. The van der Waals surface area contributed by atoms with Crippen LogP contribution in [0.2, 0.25) is 0 Å². The lowest BCUT2D eigenvalue weighted by Gasteiger charge is -2.37. The summed E-state index contributed by atoms with van der Waals surface area (Å²) in [5.41, 5.74) is 7.44. The largest absolute Gasteiger partial charge is 0.295 e. The molecular formula is C25H26O. The smallest absolute Gasteiger partial charge is 0.160 e. The van der Waals surface area contributed by atoms with Crippen LogP contribution in [0.5, 0.6) is 0 Å². The minimum atomic E-state index is -0.286. The summed E-state index contributed by atoms with van der Waals surface area (Å²) in [6, 6.07) is 21.2. The highest BCUT2D eigenvalue weighted by atomic mass is 16.1. The fourth-order valence-corrected chi connectivity index (χ4v) is 4.91. The molecule has 4 rings (SSSR count). The SMILES string of the molecule is C/C1=C2\CCC\C2=C(/C)C(=O)CC(c2ccccc2)(c2ccccc2)C1. The van der Waals surface area contributed by atoms with Gasteiger partial charge in [-0.1, -0.05) is 66.2 Å². The van der Waals surface area contributed by atoms with Gasteiger partial charge in [-0.25, -0.2) is 0 Å². The topological polar surface area (TPSA) is 17.1 Å². The molecule has 2 aliphatic carbocycles. The predicted octanol–water partition coefficient (Wildman–Crippen LogP) is 6.15. The van der Waals surface area contributed by atoms with Crippen molar-refractivity contribution in [3.63, 3.8) is 0 Å². The molecular weight excluding hydrogens is 316 g/mol. The first kappa shape index (κ1) is 17.0. The number of hydrogen-bond acceptors (Lipinski definition) is 1. The summed E-state index contributed by atoms with van der Waals surface area (Å²) in [7, 11) is 0. The van der Waals surface area contributed by atoms with E-state index in [-0.39, 0.29) is 5.41 Å². The molecule has 0 amide bonds. The van der Waals surface area contributed by atoms with Gasteiger partial charge in [0.15, 0.2) is 5.78 Å². The van der Waals surface area contributed by atoms with Crippen molar-refractivity contribution in [2.45, 2.75) is 51.4 Å². The molecule has 26 heavy (non-hydrogen) atoms. The summed E-state index contributed by atoms with van der Waals surface area (Å²) in [6.45, 7) is 4.33. The van der Waals surface area contributed by atoms with E-state index < -0.39 is 0 Å². The van der Waals surface area contributed by atoms with Crippen LogP contribution < -0.4 is 0 Å². The number of fused-ring (bicyclic) bond motifs is 1. The summed E-state index contributed by atoms with van der Waals surface area (Å²) < 4.78 is 0. The first-order chi connectivity index (χ1) is 12.6. The average molecular weight is 342 g/mol. The second-order valence-electron chi connectivity index (χ2n) is 7.81. The third-order valence-electron chi connectivity index (χ3n) is 6.29. The molecule has 1 heteroatoms. The normalized spacial score (nSPS) is 25.5. The minimum Gasteiger partial charge on any atom is -0.295 e. The molecule has 0 aromatic heterocycles. The number of carbonyl (C=O) groups excluding carboxylic acids is 1. The highest BCUT2D eigenvalue weighted by Gasteiger charge is 2.39. The molecule has 0 spiro atoms. The highest BCUT2D eigenvalue weighted by molar-refractivity contribution is 5.98. The fraction of sp³-hybridized carbons (Fsp3) is 0.320. The van der Waals surface area contributed by atoms with Crippen LogP contribution in [0.15, 0.2) is 83.0 Å². The molecule has 0 saturated heterocycles. The summed E-state index contributed by atoms with van der Waals surface area (Å²) >= 11 is 0. The Morgan fingerprint density at radius 3 is 1.85 bits per heavy atom. The molecule has 1 saturated carbocycles. The van der Waals surface area contributed by atoms with Gasteiger partial charge in [0.05, 0.1) is 0 Å². The van der Waals surface area contributed by atoms with E-state index in [1.807, 2.05) is 6.92 Å². The van der Waals surface area contributed by atoms with E-state index in [1.54, 1.807) is 0 Å². The van der Waals surface area contributed by atoms with Gasteiger partial charge in [0.2, 0.25) is 0 Å². The van der Waals surface area contributed by atoms with Crippen molar-refractivity contribution in [2.75, 3.05) is 0 Å². The number of benzene rings is 2. The zero-order valence-corrected chi connectivity index (χ0v) is 15.7. The van der Waals surface area contributed by atoms with Crippen molar-refractivity contribution in [1.29, 1.82) is 0 Å². The number of Topliss-reactive ketones (excluding diaryl/α,β-unsaturated/α-hetero) is 1. The summed E-state index contributed by atoms with van der Waals surface area (Å²) in [5.74, 6) is 0.305. The Labute approximate surface area is 156 Å². The number of carbonyl (C=O) groups is 1. The maximum Gasteiger partial charge on any atom is 0.160 e.